The molecule has 0 aromatic carbocycles. The number of carbonyl (C=O) groups is 4. The summed E-state index contributed by atoms with van der Waals surface area (Å²) >= 11 is 0. The Morgan fingerprint density at radius 3 is 1.59 bits per heavy atom. The van der Waals surface area contributed by atoms with Crippen LogP contribution in [0.4, 0.5) is 0 Å². The van der Waals surface area contributed by atoms with Gasteiger partial charge in [0.1, 0.15) is 0 Å². The van der Waals surface area contributed by atoms with Crippen LogP contribution in [0.1, 0.15) is 19.8 Å². The van der Waals surface area contributed by atoms with Crippen LogP contribution < -0.4 is 0 Å². The Morgan fingerprint density at radius 2 is 1.41 bits per heavy atom. The first-order valence-electron chi connectivity index (χ1n) is 4.61. The Kier molecular flexibility index (Phi) is 4.62. The third-order valence-corrected chi connectivity index (χ3v) is 2.59. The minimum Gasteiger partial charge on any atom is -0.481 e. The van der Waals surface area contributed by atoms with Crippen molar-refractivity contribution in [2.45, 2.75) is 19.8 Å². The first-order valence-corrected chi connectivity index (χ1v) is 4.61. The van der Waals surface area contributed by atoms with Gasteiger partial charge in [-0.2, -0.15) is 0 Å². The lowest BCUT2D eigenvalue weighted by molar-refractivity contribution is -0.177. The van der Waals surface area contributed by atoms with Gasteiger partial charge < -0.3 is 20.4 Å². The quantitative estimate of drug-likeness (QED) is 0.449. The first kappa shape index (κ1) is 14.9. The zero-order valence-corrected chi connectivity index (χ0v) is 8.91. The van der Waals surface area contributed by atoms with Crippen LogP contribution in [0.25, 0.3) is 0 Å². The highest BCUT2D eigenvalue weighted by molar-refractivity contribution is 6.03. The highest BCUT2D eigenvalue weighted by Crippen LogP contribution is 2.35. The van der Waals surface area contributed by atoms with Gasteiger partial charge in [-0.15, -0.1) is 0 Å². The summed E-state index contributed by atoms with van der Waals surface area (Å²) in [4.78, 5) is 43.3. The normalized spacial score (nSPS) is 12.8. The fourth-order valence-electron chi connectivity index (χ4n) is 1.59. The van der Waals surface area contributed by atoms with Crippen molar-refractivity contribution in [3.05, 3.63) is 0 Å². The Labute approximate surface area is 95.5 Å². The summed E-state index contributed by atoms with van der Waals surface area (Å²) in [6.07, 6.45) is -1.59. The van der Waals surface area contributed by atoms with Crippen molar-refractivity contribution in [3.63, 3.8) is 0 Å². The van der Waals surface area contributed by atoms with Gasteiger partial charge in [-0.1, -0.05) is 6.92 Å². The van der Waals surface area contributed by atoms with Crippen molar-refractivity contribution >= 4 is 23.9 Å². The highest BCUT2D eigenvalue weighted by atomic mass is 16.4. The van der Waals surface area contributed by atoms with Crippen LogP contribution in [0.3, 0.4) is 0 Å². The lowest BCUT2D eigenvalue weighted by Gasteiger charge is -2.28. The molecule has 0 saturated heterocycles. The molecule has 0 bridgehead atoms. The molecule has 1 unspecified atom stereocenters. The molecule has 0 heterocycles. The number of carboxylic acid groups (broad SMARTS) is 4. The number of hydrogen-bond donors (Lipinski definition) is 4. The van der Waals surface area contributed by atoms with Crippen molar-refractivity contribution in [2.75, 3.05) is 0 Å². The molecule has 8 heteroatoms. The van der Waals surface area contributed by atoms with E-state index >= 15 is 0 Å². The molecule has 0 aliphatic carbocycles. The second kappa shape index (κ2) is 5.28. The van der Waals surface area contributed by atoms with Crippen molar-refractivity contribution in [3.8, 4) is 0 Å². The standard InChI is InChI=1S/C9H12O8/c1-2-9(7(14)15,8(16)17)4(6(12)13)3-5(10)11/h4H,2-3H2,1H3,(H,10,11)(H,12,13)(H,14,15)(H,16,17). The molecule has 0 aliphatic rings. The summed E-state index contributed by atoms with van der Waals surface area (Å²) in [5.74, 6) is -9.08. The molecule has 0 saturated carbocycles. The van der Waals surface area contributed by atoms with Gasteiger partial charge in [0.05, 0.1) is 12.3 Å². The van der Waals surface area contributed by atoms with Gasteiger partial charge in [0.25, 0.3) is 0 Å². The second-order valence-corrected chi connectivity index (χ2v) is 3.42. The molecule has 0 aromatic heterocycles. The molecule has 1 atom stereocenters. The fraction of sp³-hybridized carbons (Fsp3) is 0.556. The Balaban J connectivity index is 5.67. The predicted octanol–water partition coefficient (Wildman–Crippen LogP) is -0.273. The lowest BCUT2D eigenvalue weighted by atomic mass is 9.71. The fourth-order valence-corrected chi connectivity index (χ4v) is 1.59. The Morgan fingerprint density at radius 1 is 1.00 bits per heavy atom. The molecule has 0 amide bonds. The van der Waals surface area contributed by atoms with E-state index in [1.165, 1.54) is 6.92 Å². The van der Waals surface area contributed by atoms with E-state index in [9.17, 15) is 19.2 Å². The van der Waals surface area contributed by atoms with E-state index in [4.69, 9.17) is 20.4 Å². The van der Waals surface area contributed by atoms with E-state index in [-0.39, 0.29) is 0 Å². The third-order valence-electron chi connectivity index (χ3n) is 2.59. The molecule has 17 heavy (non-hydrogen) atoms. The van der Waals surface area contributed by atoms with Crippen molar-refractivity contribution in [1.82, 2.24) is 0 Å². The molecule has 0 rings (SSSR count). The predicted molar refractivity (Wildman–Crippen MR) is 51.4 cm³/mol. The van der Waals surface area contributed by atoms with E-state index in [2.05, 4.69) is 0 Å². The van der Waals surface area contributed by atoms with Crippen molar-refractivity contribution < 1.29 is 39.6 Å². The molecular weight excluding hydrogens is 236 g/mol. The Hall–Kier alpha value is -2.12. The van der Waals surface area contributed by atoms with E-state index < -0.39 is 48.1 Å². The van der Waals surface area contributed by atoms with Crippen molar-refractivity contribution in [2.24, 2.45) is 11.3 Å². The van der Waals surface area contributed by atoms with E-state index in [0.717, 1.165) is 0 Å². The number of rotatable bonds is 7. The molecule has 0 spiro atoms. The van der Waals surface area contributed by atoms with E-state index in [0.29, 0.717) is 0 Å². The van der Waals surface area contributed by atoms with Gasteiger partial charge in [-0.05, 0) is 6.42 Å². The van der Waals surface area contributed by atoms with Gasteiger partial charge in [-0.3, -0.25) is 19.2 Å². The minimum absolute atomic E-state index is 0.526. The SMILES string of the molecule is CCC(C(=O)O)(C(=O)O)C(CC(=O)O)C(=O)O. The van der Waals surface area contributed by atoms with Crippen LogP contribution in [0.15, 0.2) is 0 Å². The first-order chi connectivity index (χ1) is 7.70. The molecule has 0 aromatic rings. The minimum atomic E-state index is -2.63. The topological polar surface area (TPSA) is 149 Å². The number of hydrogen-bond acceptors (Lipinski definition) is 4. The summed E-state index contributed by atoms with van der Waals surface area (Å²) in [6.45, 7) is 1.18. The van der Waals surface area contributed by atoms with Crippen LogP contribution in [-0.4, -0.2) is 44.3 Å². The average Bonchev–Trinajstić information content (AvgIpc) is 2.15. The monoisotopic (exact) mass is 248 g/mol. The van der Waals surface area contributed by atoms with Crippen LogP contribution in [0.2, 0.25) is 0 Å². The van der Waals surface area contributed by atoms with Crippen LogP contribution >= 0.6 is 0 Å². The second-order valence-electron chi connectivity index (χ2n) is 3.42. The molecule has 0 aliphatic heterocycles. The van der Waals surface area contributed by atoms with Crippen LogP contribution in [-0.2, 0) is 19.2 Å². The summed E-state index contributed by atoms with van der Waals surface area (Å²) < 4.78 is 0. The summed E-state index contributed by atoms with van der Waals surface area (Å²) in [6, 6.07) is 0. The van der Waals surface area contributed by atoms with Gasteiger partial charge in [-0.25, -0.2) is 0 Å². The molecular formula is C9H12O8. The maximum Gasteiger partial charge on any atom is 0.321 e. The van der Waals surface area contributed by atoms with E-state index in [1.54, 1.807) is 0 Å². The molecule has 4 N–H and O–H groups in total. The summed E-state index contributed by atoms with van der Waals surface area (Å²) in [7, 11) is 0. The summed E-state index contributed by atoms with van der Waals surface area (Å²) in [5, 5.41) is 35.1. The average molecular weight is 248 g/mol. The highest BCUT2D eigenvalue weighted by Gasteiger charge is 2.55. The maximum absolute atomic E-state index is 11.0. The van der Waals surface area contributed by atoms with Gasteiger partial charge in [0.15, 0.2) is 5.41 Å². The van der Waals surface area contributed by atoms with Crippen molar-refractivity contribution in [1.29, 1.82) is 0 Å². The smallest absolute Gasteiger partial charge is 0.321 e. The molecule has 0 radical (unpaired) electrons. The molecule has 96 valence electrons. The number of carboxylic acids is 4. The molecule has 0 fully saturated rings. The largest absolute Gasteiger partial charge is 0.481 e. The third kappa shape index (κ3) is 2.71. The lowest BCUT2D eigenvalue weighted by Crippen LogP contribution is -2.49. The zero-order valence-electron chi connectivity index (χ0n) is 8.91. The van der Waals surface area contributed by atoms with Crippen LogP contribution in [0.5, 0.6) is 0 Å². The molecule has 8 nitrogen and oxygen atoms in total. The zero-order chi connectivity index (χ0) is 13.8. The van der Waals surface area contributed by atoms with Gasteiger partial charge >= 0.3 is 23.9 Å². The number of aliphatic carboxylic acids is 4. The van der Waals surface area contributed by atoms with E-state index in [1.807, 2.05) is 0 Å². The summed E-state index contributed by atoms with van der Waals surface area (Å²) in [5.41, 5.74) is -2.63. The Bertz CT molecular complexity index is 344. The maximum atomic E-state index is 11.0. The van der Waals surface area contributed by atoms with Gasteiger partial charge in [0, 0.05) is 0 Å². The van der Waals surface area contributed by atoms with Gasteiger partial charge in [0.2, 0.25) is 0 Å². The van der Waals surface area contributed by atoms with Crippen LogP contribution in [0, 0.1) is 11.3 Å².